The first-order valence-electron chi connectivity index (χ1n) is 9.33. The number of fused-ring (bicyclic) bond motifs is 1. The number of hydrogen-bond acceptors (Lipinski definition) is 7. The van der Waals surface area contributed by atoms with Crippen molar-refractivity contribution in [1.82, 2.24) is 0 Å². The molecule has 1 aromatic rings. The Balaban J connectivity index is 1.85. The topological polar surface area (TPSA) is 94.5 Å². The second-order valence-electron chi connectivity index (χ2n) is 8.60. The first kappa shape index (κ1) is 21.0. The van der Waals surface area contributed by atoms with Crippen LogP contribution in [0.1, 0.15) is 19.4 Å². The largest absolute Gasteiger partial charge is 0.506 e. The van der Waals surface area contributed by atoms with Gasteiger partial charge in [-0.1, -0.05) is 50.0 Å². The van der Waals surface area contributed by atoms with E-state index in [1.165, 1.54) is 0 Å². The van der Waals surface area contributed by atoms with E-state index < -0.39 is 55.4 Å². The maximum atomic E-state index is 12.4. The van der Waals surface area contributed by atoms with E-state index in [0.717, 1.165) is 5.56 Å². The lowest BCUT2D eigenvalue weighted by Crippen LogP contribution is -2.40. The first-order chi connectivity index (χ1) is 13.0. The minimum absolute atomic E-state index is 0.258. The Hall–Kier alpha value is -1.71. The Bertz CT molecular complexity index is 754. The minimum Gasteiger partial charge on any atom is -0.506 e. The number of allylic oxidation sites excluding steroid dienone is 1. The van der Waals surface area contributed by atoms with Crippen LogP contribution in [0.3, 0.4) is 0 Å². The number of rotatable bonds is 6. The highest BCUT2D eigenvalue weighted by Gasteiger charge is 2.57. The molecule has 2 heterocycles. The van der Waals surface area contributed by atoms with Crippen molar-refractivity contribution in [2.24, 2.45) is 0 Å². The zero-order valence-electron chi connectivity index (χ0n) is 16.8. The van der Waals surface area contributed by atoms with Crippen molar-refractivity contribution in [3.63, 3.8) is 0 Å². The average molecular weight is 409 g/mol. The van der Waals surface area contributed by atoms with Crippen LogP contribution in [0.4, 0.5) is 0 Å². The van der Waals surface area contributed by atoms with E-state index in [2.05, 4.69) is 0 Å². The normalized spacial score (nSPS) is 30.0. The second-order valence-corrected chi connectivity index (χ2v) is 13.6. The molecule has 2 aliphatic rings. The molecule has 154 valence electrons. The molecule has 2 saturated heterocycles. The molecular weight excluding hydrogens is 380 g/mol. The minimum atomic E-state index is -2.35. The van der Waals surface area contributed by atoms with E-state index in [1.54, 1.807) is 33.5 Å². The van der Waals surface area contributed by atoms with E-state index in [0.29, 0.717) is 0 Å². The number of benzene rings is 1. The predicted octanol–water partition coefficient (Wildman–Crippen LogP) is 3.22. The Labute approximate surface area is 165 Å². The summed E-state index contributed by atoms with van der Waals surface area (Å²) in [6, 6.07) is 9.54. The fraction of sp³-hybridized carbons (Fsp3) is 0.550. The molecule has 3 rings (SSSR count). The van der Waals surface area contributed by atoms with Gasteiger partial charge in [-0.3, -0.25) is 4.79 Å². The SMILES string of the molecule is CC1(C)O[C@H]2O[C@H](/C(O)=C(\O)C(=O)[Si](C)(C)C)[C@H](OCc3ccccc3)[C@H]2O1. The van der Waals surface area contributed by atoms with Gasteiger partial charge in [-0.05, 0) is 19.4 Å². The number of aliphatic hydroxyl groups excluding tert-OH is 2. The summed E-state index contributed by atoms with van der Waals surface area (Å²) in [5, 5.41) is 20.5. The van der Waals surface area contributed by atoms with Crippen molar-refractivity contribution in [1.29, 1.82) is 0 Å². The van der Waals surface area contributed by atoms with E-state index >= 15 is 0 Å². The number of hydrogen-bond donors (Lipinski definition) is 2. The fourth-order valence-electron chi connectivity index (χ4n) is 3.25. The third-order valence-corrected chi connectivity index (χ3v) is 6.28. The van der Waals surface area contributed by atoms with Crippen molar-refractivity contribution in [3.8, 4) is 0 Å². The van der Waals surface area contributed by atoms with Gasteiger partial charge in [0.25, 0.3) is 0 Å². The maximum Gasteiger partial charge on any atom is 0.194 e. The van der Waals surface area contributed by atoms with Crippen molar-refractivity contribution < 1.29 is 34.0 Å². The van der Waals surface area contributed by atoms with E-state index in [1.807, 2.05) is 30.3 Å². The lowest BCUT2D eigenvalue weighted by molar-refractivity contribution is -0.217. The molecular formula is C20H28O7Si. The van der Waals surface area contributed by atoms with Crippen molar-refractivity contribution in [2.45, 2.75) is 70.5 Å². The molecule has 2 N–H and O–H groups in total. The molecule has 2 aliphatic heterocycles. The molecule has 0 radical (unpaired) electrons. The van der Waals surface area contributed by atoms with Gasteiger partial charge in [0, 0.05) is 0 Å². The number of ether oxygens (including phenoxy) is 4. The van der Waals surface area contributed by atoms with Gasteiger partial charge in [-0.15, -0.1) is 0 Å². The van der Waals surface area contributed by atoms with Crippen molar-refractivity contribution in [3.05, 3.63) is 47.4 Å². The summed E-state index contributed by atoms with van der Waals surface area (Å²) in [5.41, 5.74) is 0.939. The van der Waals surface area contributed by atoms with Gasteiger partial charge in [0.2, 0.25) is 0 Å². The molecule has 0 spiro atoms. The van der Waals surface area contributed by atoms with Gasteiger partial charge in [0.1, 0.15) is 20.3 Å². The van der Waals surface area contributed by atoms with Gasteiger partial charge in [0.05, 0.1) is 6.61 Å². The highest BCUT2D eigenvalue weighted by Crippen LogP contribution is 2.41. The Morgan fingerprint density at radius 2 is 1.79 bits per heavy atom. The summed E-state index contributed by atoms with van der Waals surface area (Å²) in [5.74, 6) is -2.06. The molecule has 0 aliphatic carbocycles. The van der Waals surface area contributed by atoms with Crippen LogP contribution in [0.5, 0.6) is 0 Å². The van der Waals surface area contributed by atoms with Crippen LogP contribution in [0.15, 0.2) is 41.9 Å². The molecule has 28 heavy (non-hydrogen) atoms. The van der Waals surface area contributed by atoms with Gasteiger partial charge in [-0.25, -0.2) is 0 Å². The summed E-state index contributed by atoms with van der Waals surface area (Å²) in [6.45, 7) is 9.16. The summed E-state index contributed by atoms with van der Waals surface area (Å²) in [6.07, 6.45) is -3.17. The molecule has 2 fully saturated rings. The standard InChI is InChI=1S/C20H28O7Si/c1-20(2)26-17-16(24-11-12-9-7-6-8-10-12)15(25-19(17)27-20)13(21)14(22)18(23)28(3,4)5/h6-10,15-17,19,21-22H,11H2,1-5H3/b14-13+/t15-,16+,17-,19-/m1/s1. The Morgan fingerprint density at radius 3 is 2.39 bits per heavy atom. The van der Waals surface area contributed by atoms with Crippen LogP contribution in [-0.2, 0) is 30.3 Å². The summed E-state index contributed by atoms with van der Waals surface area (Å²) >= 11 is 0. The van der Waals surface area contributed by atoms with Crippen LogP contribution in [0, 0.1) is 0 Å². The van der Waals surface area contributed by atoms with Crippen LogP contribution in [-0.4, -0.2) is 54.1 Å². The average Bonchev–Trinajstić information content (AvgIpc) is 3.09. The molecule has 0 saturated carbocycles. The zero-order valence-corrected chi connectivity index (χ0v) is 17.8. The third kappa shape index (κ3) is 4.31. The monoisotopic (exact) mass is 408 g/mol. The number of carbonyl (C=O) groups is 1. The molecule has 0 bridgehead atoms. The quantitative estimate of drug-likeness (QED) is 0.424. The molecule has 0 unspecified atom stereocenters. The smallest absolute Gasteiger partial charge is 0.194 e. The maximum absolute atomic E-state index is 12.4. The van der Waals surface area contributed by atoms with E-state index in [4.69, 9.17) is 18.9 Å². The summed E-state index contributed by atoms with van der Waals surface area (Å²) in [4.78, 5) is 12.4. The molecule has 7 nitrogen and oxygen atoms in total. The van der Waals surface area contributed by atoms with Crippen LogP contribution in [0.2, 0.25) is 19.6 Å². The third-order valence-electron chi connectivity index (χ3n) is 4.68. The highest BCUT2D eigenvalue weighted by atomic mass is 28.3. The second kappa shape index (κ2) is 7.60. The molecule has 8 heteroatoms. The highest BCUT2D eigenvalue weighted by molar-refractivity contribution is 7.05. The molecule has 1 aromatic carbocycles. The number of aliphatic hydroxyl groups is 2. The Kier molecular flexibility index (Phi) is 5.71. The first-order valence-corrected chi connectivity index (χ1v) is 12.8. The summed E-state index contributed by atoms with van der Waals surface area (Å²) < 4.78 is 23.4. The van der Waals surface area contributed by atoms with Crippen LogP contribution in [0.25, 0.3) is 0 Å². The summed E-state index contributed by atoms with van der Waals surface area (Å²) in [7, 11) is -2.35. The van der Waals surface area contributed by atoms with Crippen molar-refractivity contribution >= 4 is 13.5 Å². The zero-order chi connectivity index (χ0) is 20.7. The molecule has 0 amide bonds. The fourth-order valence-corrected chi connectivity index (χ4v) is 4.09. The number of carbonyl (C=O) groups excluding carboxylic acids is 1. The van der Waals surface area contributed by atoms with Gasteiger partial charge in [-0.2, -0.15) is 0 Å². The lowest BCUT2D eigenvalue weighted by Gasteiger charge is -2.26. The van der Waals surface area contributed by atoms with Gasteiger partial charge >= 0.3 is 0 Å². The van der Waals surface area contributed by atoms with E-state index in [9.17, 15) is 15.0 Å². The van der Waals surface area contributed by atoms with Crippen molar-refractivity contribution in [2.75, 3.05) is 0 Å². The predicted molar refractivity (Wildman–Crippen MR) is 104 cm³/mol. The van der Waals surface area contributed by atoms with E-state index in [-0.39, 0.29) is 6.61 Å². The Morgan fingerprint density at radius 1 is 1.14 bits per heavy atom. The molecule has 4 atom stereocenters. The van der Waals surface area contributed by atoms with Gasteiger partial charge in [0.15, 0.2) is 35.1 Å². The lowest BCUT2D eigenvalue weighted by atomic mass is 10.1. The van der Waals surface area contributed by atoms with Crippen LogP contribution < -0.4 is 0 Å². The van der Waals surface area contributed by atoms with Crippen LogP contribution >= 0.6 is 0 Å². The van der Waals surface area contributed by atoms with Gasteiger partial charge < -0.3 is 29.2 Å². The molecule has 0 aromatic heterocycles.